The van der Waals surface area contributed by atoms with E-state index in [9.17, 15) is 0 Å². The Morgan fingerprint density at radius 2 is 1.52 bits per heavy atom. The molecule has 124 valence electrons. The summed E-state index contributed by atoms with van der Waals surface area (Å²) in [5, 5.41) is 12.2. The normalized spacial score (nSPS) is 10.2. The Labute approximate surface area is 148 Å². The van der Waals surface area contributed by atoms with Crippen molar-refractivity contribution in [3.05, 3.63) is 82.9 Å². The number of aryl methyl sites for hydroxylation is 3. The van der Waals surface area contributed by atoms with Crippen LogP contribution in [0.25, 0.3) is 0 Å². The van der Waals surface area contributed by atoms with E-state index in [0.29, 0.717) is 5.56 Å². The van der Waals surface area contributed by atoms with Crippen molar-refractivity contribution < 1.29 is 4.74 Å². The molecule has 0 aromatic heterocycles. The molecule has 0 aliphatic heterocycles. The van der Waals surface area contributed by atoms with Crippen LogP contribution in [0.3, 0.4) is 0 Å². The zero-order chi connectivity index (χ0) is 17.8. The molecule has 0 saturated heterocycles. The first kappa shape index (κ1) is 16.6. The highest BCUT2D eigenvalue weighted by molar-refractivity contribution is 5.62. The van der Waals surface area contributed by atoms with E-state index < -0.39 is 0 Å². The van der Waals surface area contributed by atoms with Crippen LogP contribution >= 0.6 is 0 Å². The smallest absolute Gasteiger partial charge is 0.133 e. The summed E-state index contributed by atoms with van der Waals surface area (Å²) >= 11 is 0. The minimum Gasteiger partial charge on any atom is -0.457 e. The van der Waals surface area contributed by atoms with Gasteiger partial charge in [-0.2, -0.15) is 5.26 Å². The molecule has 0 fully saturated rings. The molecule has 0 unspecified atom stereocenters. The summed E-state index contributed by atoms with van der Waals surface area (Å²) in [5.41, 5.74) is 6.00. The van der Waals surface area contributed by atoms with Gasteiger partial charge >= 0.3 is 0 Å². The van der Waals surface area contributed by atoms with Crippen LogP contribution in [0, 0.1) is 32.1 Å². The Morgan fingerprint density at radius 3 is 2.16 bits per heavy atom. The van der Waals surface area contributed by atoms with E-state index in [2.05, 4.69) is 44.3 Å². The van der Waals surface area contributed by atoms with E-state index in [0.717, 1.165) is 34.0 Å². The van der Waals surface area contributed by atoms with Gasteiger partial charge in [-0.1, -0.05) is 23.8 Å². The van der Waals surface area contributed by atoms with Crippen LogP contribution in [0.1, 0.15) is 22.3 Å². The van der Waals surface area contributed by atoms with Crippen molar-refractivity contribution in [1.29, 1.82) is 5.26 Å². The standard InChI is InChI=1S/C22H20N2O/c1-15-11-16(2)22(17(3)12-15)25-21-6-4-5-20(13-21)24-19-9-7-18(14-23)8-10-19/h4-13,24H,1-3H3. The number of nitrogens with zero attached hydrogens (tertiary/aromatic N) is 1. The second-order valence-electron chi connectivity index (χ2n) is 6.17. The summed E-state index contributed by atoms with van der Waals surface area (Å²) in [6.45, 7) is 6.22. The highest BCUT2D eigenvalue weighted by Gasteiger charge is 2.07. The van der Waals surface area contributed by atoms with Crippen LogP contribution < -0.4 is 10.1 Å². The van der Waals surface area contributed by atoms with E-state index >= 15 is 0 Å². The van der Waals surface area contributed by atoms with Gasteiger partial charge in [0.2, 0.25) is 0 Å². The van der Waals surface area contributed by atoms with Gasteiger partial charge in [-0.05, 0) is 68.3 Å². The van der Waals surface area contributed by atoms with Gasteiger partial charge in [0.1, 0.15) is 11.5 Å². The molecule has 3 nitrogen and oxygen atoms in total. The predicted octanol–water partition coefficient (Wildman–Crippen LogP) is 6.02. The van der Waals surface area contributed by atoms with Crippen molar-refractivity contribution in [1.82, 2.24) is 0 Å². The third-order valence-corrected chi connectivity index (χ3v) is 3.96. The lowest BCUT2D eigenvalue weighted by Crippen LogP contribution is -1.94. The first-order chi connectivity index (χ1) is 12.0. The molecule has 25 heavy (non-hydrogen) atoms. The van der Waals surface area contributed by atoms with Crippen molar-refractivity contribution in [3.8, 4) is 17.6 Å². The number of hydrogen-bond acceptors (Lipinski definition) is 3. The maximum absolute atomic E-state index is 8.87. The van der Waals surface area contributed by atoms with Crippen LogP contribution in [-0.4, -0.2) is 0 Å². The average molecular weight is 328 g/mol. The lowest BCUT2D eigenvalue weighted by atomic mass is 10.1. The molecule has 0 spiro atoms. The SMILES string of the molecule is Cc1cc(C)c(Oc2cccc(Nc3ccc(C#N)cc3)c2)c(C)c1. The van der Waals surface area contributed by atoms with E-state index in [1.807, 2.05) is 36.4 Å². The Balaban J connectivity index is 1.81. The van der Waals surface area contributed by atoms with Crippen LogP contribution in [0.5, 0.6) is 11.5 Å². The van der Waals surface area contributed by atoms with Crippen molar-refractivity contribution >= 4 is 11.4 Å². The fourth-order valence-electron chi connectivity index (χ4n) is 2.88. The molecule has 0 atom stereocenters. The van der Waals surface area contributed by atoms with Gasteiger partial charge in [0, 0.05) is 17.4 Å². The van der Waals surface area contributed by atoms with E-state index in [-0.39, 0.29) is 0 Å². The molecular formula is C22H20N2O. The molecule has 0 aliphatic carbocycles. The average Bonchev–Trinajstić information content (AvgIpc) is 2.59. The molecule has 0 radical (unpaired) electrons. The maximum atomic E-state index is 8.87. The van der Waals surface area contributed by atoms with Crippen LogP contribution in [0.2, 0.25) is 0 Å². The summed E-state index contributed by atoms with van der Waals surface area (Å²) in [5.74, 6) is 1.69. The number of nitrogens with one attached hydrogen (secondary N) is 1. The Bertz CT molecular complexity index is 914. The molecule has 3 aromatic rings. The van der Waals surface area contributed by atoms with Gasteiger partial charge in [0.15, 0.2) is 0 Å². The van der Waals surface area contributed by atoms with Gasteiger partial charge in [-0.3, -0.25) is 0 Å². The Hall–Kier alpha value is -3.25. The Morgan fingerprint density at radius 1 is 0.840 bits per heavy atom. The molecule has 0 amide bonds. The lowest BCUT2D eigenvalue weighted by Gasteiger charge is -2.14. The van der Waals surface area contributed by atoms with Crippen molar-refractivity contribution in [2.45, 2.75) is 20.8 Å². The van der Waals surface area contributed by atoms with Crippen molar-refractivity contribution in [3.63, 3.8) is 0 Å². The van der Waals surface area contributed by atoms with E-state index in [1.165, 1.54) is 5.56 Å². The molecule has 3 heteroatoms. The van der Waals surface area contributed by atoms with Crippen LogP contribution in [0.15, 0.2) is 60.7 Å². The summed E-state index contributed by atoms with van der Waals surface area (Å²) < 4.78 is 6.13. The molecule has 3 rings (SSSR count). The van der Waals surface area contributed by atoms with Crippen LogP contribution in [0.4, 0.5) is 11.4 Å². The largest absolute Gasteiger partial charge is 0.457 e. The summed E-state index contributed by atoms with van der Waals surface area (Å²) in [6.07, 6.45) is 0. The topological polar surface area (TPSA) is 45.0 Å². The fraction of sp³-hybridized carbons (Fsp3) is 0.136. The predicted molar refractivity (Wildman–Crippen MR) is 102 cm³/mol. The van der Waals surface area contributed by atoms with Gasteiger partial charge in [-0.15, -0.1) is 0 Å². The minimum absolute atomic E-state index is 0.646. The Kier molecular flexibility index (Phi) is 4.72. The van der Waals surface area contributed by atoms with Gasteiger partial charge in [0.05, 0.1) is 11.6 Å². The number of rotatable bonds is 4. The second kappa shape index (κ2) is 7.11. The summed E-state index contributed by atoms with van der Waals surface area (Å²) in [6, 6.07) is 21.6. The third kappa shape index (κ3) is 3.99. The summed E-state index contributed by atoms with van der Waals surface area (Å²) in [4.78, 5) is 0. The number of anilines is 2. The molecule has 0 heterocycles. The number of hydrogen-bond donors (Lipinski definition) is 1. The quantitative estimate of drug-likeness (QED) is 0.637. The van der Waals surface area contributed by atoms with Gasteiger partial charge in [-0.25, -0.2) is 0 Å². The zero-order valence-electron chi connectivity index (χ0n) is 14.6. The number of nitriles is 1. The zero-order valence-corrected chi connectivity index (χ0v) is 14.6. The maximum Gasteiger partial charge on any atom is 0.133 e. The number of benzene rings is 3. The first-order valence-electron chi connectivity index (χ1n) is 8.18. The molecule has 0 saturated carbocycles. The van der Waals surface area contributed by atoms with Gasteiger partial charge < -0.3 is 10.1 Å². The fourth-order valence-corrected chi connectivity index (χ4v) is 2.88. The minimum atomic E-state index is 0.646. The second-order valence-corrected chi connectivity index (χ2v) is 6.17. The van der Waals surface area contributed by atoms with Crippen molar-refractivity contribution in [2.24, 2.45) is 0 Å². The highest BCUT2D eigenvalue weighted by atomic mass is 16.5. The summed E-state index contributed by atoms with van der Waals surface area (Å²) in [7, 11) is 0. The molecule has 0 aliphatic rings. The van der Waals surface area contributed by atoms with Crippen LogP contribution in [-0.2, 0) is 0 Å². The lowest BCUT2D eigenvalue weighted by molar-refractivity contribution is 0.475. The monoisotopic (exact) mass is 328 g/mol. The van der Waals surface area contributed by atoms with E-state index in [4.69, 9.17) is 10.00 Å². The van der Waals surface area contributed by atoms with Gasteiger partial charge in [0.25, 0.3) is 0 Å². The number of ether oxygens (including phenoxy) is 1. The molecule has 0 bridgehead atoms. The van der Waals surface area contributed by atoms with E-state index in [1.54, 1.807) is 12.1 Å². The van der Waals surface area contributed by atoms with Crippen molar-refractivity contribution in [2.75, 3.05) is 5.32 Å². The first-order valence-corrected chi connectivity index (χ1v) is 8.18. The highest BCUT2D eigenvalue weighted by Crippen LogP contribution is 2.31. The molecule has 1 N–H and O–H groups in total. The molecule has 3 aromatic carbocycles. The third-order valence-electron chi connectivity index (χ3n) is 3.96. The molecular weight excluding hydrogens is 308 g/mol.